The van der Waals surface area contributed by atoms with Gasteiger partial charge in [-0.25, -0.2) is 4.79 Å². The van der Waals surface area contributed by atoms with Crippen molar-refractivity contribution in [1.82, 2.24) is 0 Å². The number of ether oxygens (including phenoxy) is 3. The maximum absolute atomic E-state index is 12.3. The van der Waals surface area contributed by atoms with Gasteiger partial charge < -0.3 is 19.9 Å². The molecule has 0 aliphatic rings. The van der Waals surface area contributed by atoms with Gasteiger partial charge in [-0.1, -0.05) is 0 Å². The molecule has 1 aromatic carbocycles. The summed E-state index contributed by atoms with van der Waals surface area (Å²) in [5.41, 5.74) is 4.74. The van der Waals surface area contributed by atoms with Crippen LogP contribution < -0.4 is 15.2 Å². The molecule has 0 aliphatic heterocycles. The number of carbonyl (C=O) groups excluding carboxylic acids is 2. The van der Waals surface area contributed by atoms with Gasteiger partial charge in [-0.15, -0.1) is 0 Å². The number of hydrogen-bond acceptors (Lipinski definition) is 5. The largest absolute Gasteiger partial charge is 0.452 e. The Balaban J connectivity index is 2.90. The zero-order valence-electron chi connectivity index (χ0n) is 11.4. The number of nitrogens with two attached hydrogens (primary N) is 1. The third kappa shape index (κ3) is 7.16. The molecule has 0 fully saturated rings. The zero-order chi connectivity index (χ0) is 17.4. The second-order valence-corrected chi connectivity index (χ2v) is 3.86. The maximum Gasteiger partial charge on any atom is 0.387 e. The van der Waals surface area contributed by atoms with E-state index < -0.39 is 43.2 Å². The van der Waals surface area contributed by atoms with Crippen LogP contribution in [0.1, 0.15) is 5.56 Å². The average Bonchev–Trinajstić information content (AvgIpc) is 2.43. The number of carbonyl (C=O) groups is 2. The second kappa shape index (κ2) is 8.61. The summed E-state index contributed by atoms with van der Waals surface area (Å²) in [5.74, 6) is -2.72. The Hall–Kier alpha value is -2.78. The van der Waals surface area contributed by atoms with Crippen molar-refractivity contribution in [1.29, 1.82) is 0 Å². The Bertz CT molecular complexity index is 592. The highest BCUT2D eigenvalue weighted by atomic mass is 19.3. The van der Waals surface area contributed by atoms with Gasteiger partial charge in [-0.05, 0) is 18.2 Å². The molecule has 0 heterocycles. The van der Waals surface area contributed by atoms with Gasteiger partial charge in [0.05, 0.1) is 0 Å². The molecule has 6 nitrogen and oxygen atoms in total. The first-order chi connectivity index (χ1) is 10.8. The lowest BCUT2D eigenvalue weighted by atomic mass is 10.1. The van der Waals surface area contributed by atoms with Crippen molar-refractivity contribution in [2.75, 3.05) is 6.61 Å². The standard InChI is InChI=1S/C13H11F4NO5/c14-12(15)22-8-3-1-7(9(5-8)23-13(16)17)2-4-11(20)21-6-10(18)19/h1-5,12-13H,6H2,(H2,18,19)/b4-2+. The summed E-state index contributed by atoms with van der Waals surface area (Å²) in [6.45, 7) is -7.00. The number of hydrogen-bond donors (Lipinski definition) is 1. The predicted molar refractivity (Wildman–Crippen MR) is 68.9 cm³/mol. The van der Waals surface area contributed by atoms with Crippen LogP contribution in [0.5, 0.6) is 11.5 Å². The van der Waals surface area contributed by atoms with E-state index in [4.69, 9.17) is 5.73 Å². The summed E-state index contributed by atoms with van der Waals surface area (Å²) in [7, 11) is 0. The molecule has 1 amide bonds. The van der Waals surface area contributed by atoms with Crippen LogP contribution in [-0.4, -0.2) is 31.7 Å². The number of amides is 1. The number of primary amides is 1. The van der Waals surface area contributed by atoms with Gasteiger partial charge in [0.15, 0.2) is 6.61 Å². The van der Waals surface area contributed by atoms with Gasteiger partial charge in [-0.2, -0.15) is 17.6 Å². The second-order valence-electron chi connectivity index (χ2n) is 3.86. The van der Waals surface area contributed by atoms with Crippen molar-refractivity contribution >= 4 is 18.0 Å². The van der Waals surface area contributed by atoms with Crippen LogP contribution in [-0.2, 0) is 14.3 Å². The Kier molecular flexibility index (Phi) is 6.84. The van der Waals surface area contributed by atoms with Crippen LogP contribution in [0.25, 0.3) is 6.08 Å². The molecular weight excluding hydrogens is 326 g/mol. The number of halogens is 4. The van der Waals surface area contributed by atoms with Crippen molar-refractivity contribution < 1.29 is 41.4 Å². The predicted octanol–water partition coefficient (Wildman–Crippen LogP) is 1.93. The van der Waals surface area contributed by atoms with E-state index in [1.807, 2.05) is 0 Å². The molecule has 10 heteroatoms. The molecule has 0 unspecified atom stereocenters. The van der Waals surface area contributed by atoms with Gasteiger partial charge in [0, 0.05) is 17.7 Å². The van der Waals surface area contributed by atoms with Gasteiger partial charge in [0.2, 0.25) is 0 Å². The summed E-state index contributed by atoms with van der Waals surface area (Å²) in [4.78, 5) is 21.7. The molecule has 126 valence electrons. The summed E-state index contributed by atoms with van der Waals surface area (Å²) < 4.78 is 61.5. The average molecular weight is 337 g/mol. The minimum Gasteiger partial charge on any atom is -0.452 e. The van der Waals surface area contributed by atoms with E-state index in [9.17, 15) is 27.2 Å². The Morgan fingerprint density at radius 1 is 1.13 bits per heavy atom. The van der Waals surface area contributed by atoms with Gasteiger partial charge in [0.1, 0.15) is 11.5 Å². The molecule has 0 atom stereocenters. The molecule has 23 heavy (non-hydrogen) atoms. The molecule has 1 rings (SSSR count). The Morgan fingerprint density at radius 3 is 2.35 bits per heavy atom. The fourth-order valence-electron chi connectivity index (χ4n) is 1.37. The lowest BCUT2D eigenvalue weighted by Crippen LogP contribution is -2.19. The number of rotatable bonds is 8. The normalized spacial score (nSPS) is 11.0. The molecule has 0 spiro atoms. The minimum atomic E-state index is -3.22. The fourth-order valence-corrected chi connectivity index (χ4v) is 1.37. The van der Waals surface area contributed by atoms with E-state index >= 15 is 0 Å². The van der Waals surface area contributed by atoms with Gasteiger partial charge in [-0.3, -0.25) is 4.79 Å². The smallest absolute Gasteiger partial charge is 0.387 e. The number of alkyl halides is 4. The van der Waals surface area contributed by atoms with E-state index in [2.05, 4.69) is 14.2 Å². The quantitative estimate of drug-likeness (QED) is 0.445. The van der Waals surface area contributed by atoms with Crippen molar-refractivity contribution in [3.05, 3.63) is 29.8 Å². The molecule has 0 radical (unpaired) electrons. The third-order valence-corrected chi connectivity index (χ3v) is 2.18. The Morgan fingerprint density at radius 2 is 1.78 bits per heavy atom. The van der Waals surface area contributed by atoms with E-state index in [-0.39, 0.29) is 5.56 Å². The number of benzene rings is 1. The lowest BCUT2D eigenvalue weighted by molar-refractivity contribution is -0.142. The highest BCUT2D eigenvalue weighted by molar-refractivity contribution is 5.89. The van der Waals surface area contributed by atoms with E-state index in [0.29, 0.717) is 0 Å². The summed E-state index contributed by atoms with van der Waals surface area (Å²) in [5, 5.41) is 0. The highest BCUT2D eigenvalue weighted by Gasteiger charge is 2.12. The molecule has 1 aromatic rings. The lowest BCUT2D eigenvalue weighted by Gasteiger charge is -2.11. The van der Waals surface area contributed by atoms with Gasteiger partial charge >= 0.3 is 19.2 Å². The topological polar surface area (TPSA) is 87.9 Å². The third-order valence-electron chi connectivity index (χ3n) is 2.18. The van der Waals surface area contributed by atoms with Crippen molar-refractivity contribution in [3.63, 3.8) is 0 Å². The minimum absolute atomic E-state index is 0.0251. The van der Waals surface area contributed by atoms with E-state index in [1.54, 1.807) is 0 Å². The van der Waals surface area contributed by atoms with Crippen LogP contribution >= 0.6 is 0 Å². The molecule has 0 saturated carbocycles. The van der Waals surface area contributed by atoms with E-state index in [1.165, 1.54) is 0 Å². The molecular formula is C13H11F4NO5. The van der Waals surface area contributed by atoms with Gasteiger partial charge in [0.25, 0.3) is 5.91 Å². The molecule has 0 bridgehead atoms. The van der Waals surface area contributed by atoms with Crippen LogP contribution in [0.4, 0.5) is 17.6 Å². The number of esters is 1. The highest BCUT2D eigenvalue weighted by Crippen LogP contribution is 2.28. The van der Waals surface area contributed by atoms with Crippen LogP contribution in [0, 0.1) is 0 Å². The van der Waals surface area contributed by atoms with Crippen molar-refractivity contribution in [2.24, 2.45) is 5.73 Å². The van der Waals surface area contributed by atoms with Crippen LogP contribution in [0.2, 0.25) is 0 Å². The summed E-state index contributed by atoms with van der Waals surface area (Å²) >= 11 is 0. The summed E-state index contributed by atoms with van der Waals surface area (Å²) in [6.07, 6.45) is 1.86. The maximum atomic E-state index is 12.3. The van der Waals surface area contributed by atoms with Crippen LogP contribution in [0.3, 0.4) is 0 Å². The zero-order valence-corrected chi connectivity index (χ0v) is 11.4. The first kappa shape index (κ1) is 18.3. The molecule has 0 saturated heterocycles. The Labute approximate surface area is 127 Å². The van der Waals surface area contributed by atoms with Crippen LogP contribution in [0.15, 0.2) is 24.3 Å². The monoisotopic (exact) mass is 337 g/mol. The van der Waals surface area contributed by atoms with Crippen molar-refractivity contribution in [2.45, 2.75) is 13.2 Å². The molecule has 2 N–H and O–H groups in total. The van der Waals surface area contributed by atoms with Crippen molar-refractivity contribution in [3.8, 4) is 11.5 Å². The fraction of sp³-hybridized carbons (Fsp3) is 0.231. The molecule has 0 aliphatic carbocycles. The molecule has 0 aromatic heterocycles. The first-order valence-electron chi connectivity index (χ1n) is 5.94. The SMILES string of the molecule is NC(=O)COC(=O)/C=C/c1ccc(OC(F)F)cc1OC(F)F. The summed E-state index contributed by atoms with van der Waals surface area (Å²) in [6, 6.07) is 3.00. The first-order valence-corrected chi connectivity index (χ1v) is 5.94. The van der Waals surface area contributed by atoms with E-state index in [0.717, 1.165) is 30.4 Å².